The van der Waals surface area contributed by atoms with E-state index in [9.17, 15) is 19.2 Å². The molecule has 0 radical (unpaired) electrons. The van der Waals surface area contributed by atoms with Crippen LogP contribution in [0.15, 0.2) is 73.8 Å². The number of benzene rings is 2. The van der Waals surface area contributed by atoms with Crippen LogP contribution in [0.25, 0.3) is 0 Å². The van der Waals surface area contributed by atoms with Crippen molar-refractivity contribution in [3.05, 3.63) is 85.0 Å². The van der Waals surface area contributed by atoms with Crippen LogP contribution in [-0.2, 0) is 38.0 Å². The van der Waals surface area contributed by atoms with Gasteiger partial charge < -0.3 is 37.9 Å². The highest BCUT2D eigenvalue weighted by Crippen LogP contribution is 2.31. The molecule has 2 heterocycles. The van der Waals surface area contributed by atoms with Gasteiger partial charge >= 0.3 is 23.9 Å². The van der Waals surface area contributed by atoms with Crippen LogP contribution in [0.4, 0.5) is 0 Å². The molecule has 2 aliphatic heterocycles. The predicted molar refractivity (Wildman–Crippen MR) is 153 cm³/mol. The second kappa shape index (κ2) is 16.2. The van der Waals surface area contributed by atoms with Gasteiger partial charge in [0.2, 0.25) is 0 Å². The van der Waals surface area contributed by atoms with E-state index in [2.05, 4.69) is 13.2 Å². The molecular formula is C32H34O12. The maximum atomic E-state index is 12.8. The number of carbonyl (C=O) groups is 4. The molecular weight excluding hydrogens is 576 g/mol. The molecule has 0 spiro atoms. The molecule has 234 valence electrons. The van der Waals surface area contributed by atoms with Crippen LogP contribution in [0.1, 0.15) is 33.6 Å². The van der Waals surface area contributed by atoms with Crippen LogP contribution in [-0.4, -0.2) is 87.9 Å². The lowest BCUT2D eigenvalue weighted by Crippen LogP contribution is -2.36. The Bertz CT molecular complexity index is 1200. The monoisotopic (exact) mass is 610 g/mol. The van der Waals surface area contributed by atoms with Gasteiger partial charge in [0.1, 0.15) is 23.7 Å². The summed E-state index contributed by atoms with van der Waals surface area (Å²) < 4.78 is 43.8. The average molecular weight is 611 g/mol. The lowest BCUT2D eigenvalue weighted by atomic mass is 10.1. The second-order valence-electron chi connectivity index (χ2n) is 9.68. The van der Waals surface area contributed by atoms with Gasteiger partial charge in [0.15, 0.2) is 12.2 Å². The molecule has 4 atom stereocenters. The van der Waals surface area contributed by atoms with E-state index in [0.29, 0.717) is 48.7 Å². The van der Waals surface area contributed by atoms with Gasteiger partial charge in [0.05, 0.1) is 50.8 Å². The van der Waals surface area contributed by atoms with Gasteiger partial charge in [0, 0.05) is 25.0 Å². The van der Waals surface area contributed by atoms with Gasteiger partial charge in [-0.15, -0.1) is 0 Å². The largest absolute Gasteiger partial charge is 0.493 e. The summed E-state index contributed by atoms with van der Waals surface area (Å²) in [6.45, 7) is 7.95. The molecule has 44 heavy (non-hydrogen) atoms. The first-order valence-electron chi connectivity index (χ1n) is 14.1. The molecule has 0 bridgehead atoms. The van der Waals surface area contributed by atoms with E-state index >= 15 is 0 Å². The zero-order valence-electron chi connectivity index (χ0n) is 24.1. The molecule has 0 aliphatic carbocycles. The average Bonchev–Trinajstić information content (AvgIpc) is 3.63. The highest BCUT2D eigenvalue weighted by Gasteiger charge is 2.51. The first kappa shape index (κ1) is 32.2. The summed E-state index contributed by atoms with van der Waals surface area (Å²) in [5.41, 5.74) is 0.649. The van der Waals surface area contributed by atoms with Crippen molar-refractivity contribution in [2.75, 3.05) is 39.6 Å². The number of ether oxygens (including phenoxy) is 8. The summed E-state index contributed by atoms with van der Waals surface area (Å²) >= 11 is 0. The van der Waals surface area contributed by atoms with Gasteiger partial charge in [-0.25, -0.2) is 19.2 Å². The summed E-state index contributed by atoms with van der Waals surface area (Å²) in [7, 11) is 0. The van der Waals surface area contributed by atoms with Gasteiger partial charge in [-0.1, -0.05) is 13.2 Å². The van der Waals surface area contributed by atoms with Crippen LogP contribution in [0, 0.1) is 0 Å². The quantitative estimate of drug-likeness (QED) is 0.119. The van der Waals surface area contributed by atoms with Crippen molar-refractivity contribution < 1.29 is 57.1 Å². The Morgan fingerprint density at radius 3 is 1.39 bits per heavy atom. The molecule has 12 nitrogen and oxygen atoms in total. The molecule has 2 saturated heterocycles. The first-order valence-corrected chi connectivity index (χ1v) is 14.1. The Kier molecular flexibility index (Phi) is 11.9. The molecule has 0 amide bonds. The van der Waals surface area contributed by atoms with Crippen molar-refractivity contribution in [3.63, 3.8) is 0 Å². The number of hydrogen-bond acceptors (Lipinski definition) is 12. The summed E-state index contributed by atoms with van der Waals surface area (Å²) in [6.07, 6.45) is 0.729. The molecule has 0 aromatic heterocycles. The minimum Gasteiger partial charge on any atom is -0.493 e. The van der Waals surface area contributed by atoms with Crippen molar-refractivity contribution in [3.8, 4) is 11.5 Å². The lowest BCUT2D eigenvalue weighted by molar-refractivity contribution is -0.138. The summed E-state index contributed by atoms with van der Waals surface area (Å²) in [4.78, 5) is 47.6. The molecule has 2 aromatic carbocycles. The summed E-state index contributed by atoms with van der Waals surface area (Å²) in [5.74, 6) is -0.969. The summed E-state index contributed by atoms with van der Waals surface area (Å²) in [6, 6.07) is 12.9. The van der Waals surface area contributed by atoms with E-state index < -0.39 is 48.3 Å². The van der Waals surface area contributed by atoms with Crippen LogP contribution in [0.5, 0.6) is 11.5 Å². The van der Waals surface area contributed by atoms with E-state index in [0.717, 1.165) is 12.2 Å². The number of carbonyl (C=O) groups excluding carboxylic acids is 4. The number of fused-ring (bicyclic) bond motifs is 1. The van der Waals surface area contributed by atoms with Crippen molar-refractivity contribution in [2.45, 2.75) is 37.3 Å². The third-order valence-corrected chi connectivity index (χ3v) is 6.60. The Balaban J connectivity index is 1.18. The van der Waals surface area contributed by atoms with Crippen molar-refractivity contribution in [1.29, 1.82) is 0 Å². The zero-order valence-corrected chi connectivity index (χ0v) is 24.1. The molecule has 0 unspecified atom stereocenters. The van der Waals surface area contributed by atoms with Gasteiger partial charge in [-0.3, -0.25) is 0 Å². The third-order valence-electron chi connectivity index (χ3n) is 6.60. The standard InChI is InChI=1S/C32H34O12/c1-3-27(33)39-17-5-15-37-23-11-7-21(8-12-23)31(35)43-25-19-41-30-26(20-42-29(25)30)44-32(36)22-9-13-24(14-10-22)38-16-6-18-40-28(34)4-2/h3-4,7-14,25-26,29-30H,1-2,5-6,15-20H2/t25-,26-,29+,30+/m0/s1. The molecule has 12 heteroatoms. The van der Waals surface area contributed by atoms with Gasteiger partial charge in [-0.2, -0.15) is 0 Å². The van der Waals surface area contributed by atoms with E-state index in [1.54, 1.807) is 48.5 Å². The van der Waals surface area contributed by atoms with Crippen molar-refractivity contribution in [2.24, 2.45) is 0 Å². The van der Waals surface area contributed by atoms with Crippen molar-refractivity contribution >= 4 is 23.9 Å². The van der Waals surface area contributed by atoms with E-state index in [4.69, 9.17) is 37.9 Å². The fraction of sp³-hybridized carbons (Fsp3) is 0.375. The van der Waals surface area contributed by atoms with Crippen molar-refractivity contribution in [1.82, 2.24) is 0 Å². The van der Waals surface area contributed by atoms with E-state index in [1.165, 1.54) is 0 Å². The van der Waals surface area contributed by atoms with Gasteiger partial charge in [0.25, 0.3) is 0 Å². The molecule has 4 rings (SSSR count). The SMILES string of the molecule is C=CC(=O)OCCCOc1ccc(C(=O)O[C@H]2CO[C@H]3[C@@H]2OC[C@@H]3OC(=O)c2ccc(OCCCOC(=O)C=C)cc2)cc1. The minimum atomic E-state index is -0.665. The maximum absolute atomic E-state index is 12.8. The Morgan fingerprint density at radius 1 is 0.636 bits per heavy atom. The molecule has 2 fully saturated rings. The number of rotatable bonds is 16. The highest BCUT2D eigenvalue weighted by molar-refractivity contribution is 5.90. The first-order chi connectivity index (χ1) is 21.4. The topological polar surface area (TPSA) is 142 Å². The van der Waals surface area contributed by atoms with Crippen LogP contribution in [0.2, 0.25) is 0 Å². The highest BCUT2D eigenvalue weighted by atomic mass is 16.7. The fourth-order valence-electron chi connectivity index (χ4n) is 4.38. The normalized spacial score (nSPS) is 20.1. The fourth-order valence-corrected chi connectivity index (χ4v) is 4.38. The van der Waals surface area contributed by atoms with E-state index in [-0.39, 0.29) is 26.4 Å². The smallest absolute Gasteiger partial charge is 0.338 e. The summed E-state index contributed by atoms with van der Waals surface area (Å²) in [5, 5.41) is 0. The van der Waals surface area contributed by atoms with Crippen LogP contribution >= 0.6 is 0 Å². The van der Waals surface area contributed by atoms with E-state index in [1.807, 2.05) is 0 Å². The molecule has 0 saturated carbocycles. The van der Waals surface area contributed by atoms with Gasteiger partial charge in [-0.05, 0) is 48.5 Å². The lowest BCUT2D eigenvalue weighted by Gasteiger charge is -2.17. The Morgan fingerprint density at radius 2 is 1.02 bits per heavy atom. The predicted octanol–water partition coefficient (Wildman–Crippen LogP) is 3.23. The number of hydrogen-bond donors (Lipinski definition) is 0. The minimum absolute atomic E-state index is 0.103. The maximum Gasteiger partial charge on any atom is 0.338 e. The van der Waals surface area contributed by atoms with Crippen LogP contribution < -0.4 is 9.47 Å². The third kappa shape index (κ3) is 9.16. The molecule has 2 aromatic rings. The second-order valence-corrected chi connectivity index (χ2v) is 9.68. The molecule has 0 N–H and O–H groups in total. The Hall–Kier alpha value is -4.68. The van der Waals surface area contributed by atoms with Crippen LogP contribution in [0.3, 0.4) is 0 Å². The molecule has 2 aliphatic rings. The zero-order chi connectivity index (χ0) is 31.3. The Labute approximate surface area is 254 Å². The number of esters is 4.